The monoisotopic (exact) mass is 402 g/mol. The third-order valence-corrected chi connectivity index (χ3v) is 4.41. The summed E-state index contributed by atoms with van der Waals surface area (Å²) in [6.45, 7) is 1.97. The van der Waals surface area contributed by atoms with Gasteiger partial charge >= 0.3 is 6.03 Å². The van der Waals surface area contributed by atoms with E-state index in [-0.39, 0.29) is 13.0 Å². The Morgan fingerprint density at radius 2 is 1.82 bits per heavy atom. The molecule has 0 fully saturated rings. The van der Waals surface area contributed by atoms with E-state index in [4.69, 9.17) is 17.3 Å². The number of carbonyl (C=O) groups excluding carboxylic acids is 3. The minimum absolute atomic E-state index is 0.0257. The van der Waals surface area contributed by atoms with Crippen LogP contribution in [0.25, 0.3) is 0 Å². The molecule has 0 saturated heterocycles. The average Bonchev–Trinajstić information content (AvgIpc) is 2.64. The average molecular weight is 403 g/mol. The summed E-state index contributed by atoms with van der Waals surface area (Å²) in [5.41, 5.74) is 7.38. The summed E-state index contributed by atoms with van der Waals surface area (Å²) in [7, 11) is 0. The van der Waals surface area contributed by atoms with Crippen molar-refractivity contribution in [2.24, 2.45) is 5.73 Å². The second-order valence-electron chi connectivity index (χ2n) is 6.31. The van der Waals surface area contributed by atoms with Crippen molar-refractivity contribution in [1.29, 1.82) is 0 Å². The smallest absolute Gasteiger partial charge is 0.319 e. The molecule has 0 heterocycles. The lowest BCUT2D eigenvalue weighted by Gasteiger charge is -2.19. The van der Waals surface area contributed by atoms with Crippen LogP contribution in [0.3, 0.4) is 0 Å². The molecule has 28 heavy (non-hydrogen) atoms. The number of urea groups is 1. The van der Waals surface area contributed by atoms with Crippen molar-refractivity contribution < 1.29 is 14.4 Å². The van der Waals surface area contributed by atoms with Crippen molar-refractivity contribution >= 4 is 35.1 Å². The molecule has 2 aromatic rings. The zero-order chi connectivity index (χ0) is 20.5. The summed E-state index contributed by atoms with van der Waals surface area (Å²) in [5, 5.41) is 8.48. The Hall–Kier alpha value is -3.06. The minimum Gasteiger partial charge on any atom is -0.370 e. The van der Waals surface area contributed by atoms with E-state index in [1.807, 2.05) is 37.3 Å². The van der Waals surface area contributed by atoms with E-state index in [9.17, 15) is 14.4 Å². The molecule has 8 heteroatoms. The Balaban J connectivity index is 2.04. The van der Waals surface area contributed by atoms with Gasteiger partial charge in [-0.3, -0.25) is 9.59 Å². The standard InChI is InChI=1S/C20H23ClN4O3/c1-13-7-8-15(12-16(13)21)24-20(28)25-17(11-14-5-3-2-4-6-14)19(27)23-10-9-18(22)26/h2-8,12,17H,9-11H2,1H3,(H2,22,26)(H,23,27)(H2,24,25,28)/t17-/m0/s1. The number of aryl methyl sites for hydroxylation is 1. The Labute approximate surface area is 168 Å². The van der Waals surface area contributed by atoms with E-state index in [0.717, 1.165) is 11.1 Å². The van der Waals surface area contributed by atoms with Gasteiger partial charge in [0.15, 0.2) is 0 Å². The molecule has 0 aliphatic rings. The maximum absolute atomic E-state index is 12.5. The SMILES string of the molecule is Cc1ccc(NC(=O)N[C@@H](Cc2ccccc2)C(=O)NCCC(N)=O)cc1Cl. The van der Waals surface area contributed by atoms with Gasteiger partial charge in [-0.1, -0.05) is 48.0 Å². The number of benzene rings is 2. The van der Waals surface area contributed by atoms with E-state index < -0.39 is 23.9 Å². The molecule has 0 unspecified atom stereocenters. The fourth-order valence-electron chi connectivity index (χ4n) is 2.49. The minimum atomic E-state index is -0.823. The zero-order valence-corrected chi connectivity index (χ0v) is 16.3. The second kappa shape index (κ2) is 10.3. The van der Waals surface area contributed by atoms with Gasteiger partial charge < -0.3 is 21.7 Å². The highest BCUT2D eigenvalue weighted by molar-refractivity contribution is 6.31. The highest BCUT2D eigenvalue weighted by Gasteiger charge is 2.21. The van der Waals surface area contributed by atoms with Gasteiger partial charge in [0.2, 0.25) is 11.8 Å². The summed E-state index contributed by atoms with van der Waals surface area (Å²) >= 11 is 6.07. The largest absolute Gasteiger partial charge is 0.370 e. The van der Waals surface area contributed by atoms with Gasteiger partial charge in [0.25, 0.3) is 0 Å². The number of anilines is 1. The second-order valence-corrected chi connectivity index (χ2v) is 6.72. The van der Waals surface area contributed by atoms with Crippen LogP contribution < -0.4 is 21.7 Å². The normalized spacial score (nSPS) is 11.4. The Morgan fingerprint density at radius 1 is 1.11 bits per heavy atom. The molecule has 0 aliphatic carbocycles. The Bertz CT molecular complexity index is 843. The molecule has 5 N–H and O–H groups in total. The number of nitrogens with one attached hydrogen (secondary N) is 3. The van der Waals surface area contributed by atoms with E-state index in [2.05, 4.69) is 16.0 Å². The first-order chi connectivity index (χ1) is 13.3. The van der Waals surface area contributed by atoms with Gasteiger partial charge in [-0.15, -0.1) is 0 Å². The molecule has 2 rings (SSSR count). The fourth-order valence-corrected chi connectivity index (χ4v) is 2.67. The molecule has 0 saturated carbocycles. The number of rotatable bonds is 8. The van der Waals surface area contributed by atoms with Gasteiger partial charge in [-0.2, -0.15) is 0 Å². The maximum atomic E-state index is 12.5. The highest BCUT2D eigenvalue weighted by Crippen LogP contribution is 2.19. The Kier molecular flexibility index (Phi) is 7.83. The number of primary amides is 1. The van der Waals surface area contributed by atoms with E-state index in [0.29, 0.717) is 17.1 Å². The lowest BCUT2D eigenvalue weighted by molar-refractivity contribution is -0.123. The molecule has 2 aromatic carbocycles. The van der Waals surface area contributed by atoms with Crippen LogP contribution in [0.2, 0.25) is 5.02 Å². The summed E-state index contributed by atoms with van der Waals surface area (Å²) in [5.74, 6) is -0.913. The van der Waals surface area contributed by atoms with Crippen LogP contribution in [0.5, 0.6) is 0 Å². The summed E-state index contributed by atoms with van der Waals surface area (Å²) < 4.78 is 0. The van der Waals surface area contributed by atoms with Gasteiger partial charge in [-0.25, -0.2) is 4.79 Å². The molecule has 0 bridgehead atoms. The summed E-state index contributed by atoms with van der Waals surface area (Å²) in [4.78, 5) is 35.7. The van der Waals surface area contributed by atoms with Crippen molar-refractivity contribution in [2.75, 3.05) is 11.9 Å². The lowest BCUT2D eigenvalue weighted by Crippen LogP contribution is -2.49. The maximum Gasteiger partial charge on any atom is 0.319 e. The molecule has 7 nitrogen and oxygen atoms in total. The summed E-state index contributed by atoms with van der Waals surface area (Å²) in [6.07, 6.45) is 0.323. The first kappa shape index (κ1) is 21.2. The van der Waals surface area contributed by atoms with Crippen LogP contribution in [0, 0.1) is 6.92 Å². The van der Waals surface area contributed by atoms with Crippen molar-refractivity contribution in [2.45, 2.75) is 25.8 Å². The van der Waals surface area contributed by atoms with E-state index >= 15 is 0 Å². The molecule has 148 valence electrons. The third-order valence-electron chi connectivity index (χ3n) is 4.00. The molecule has 0 aromatic heterocycles. The zero-order valence-electron chi connectivity index (χ0n) is 15.5. The van der Waals surface area contributed by atoms with Crippen LogP contribution in [0.4, 0.5) is 10.5 Å². The van der Waals surface area contributed by atoms with Crippen LogP contribution in [-0.2, 0) is 16.0 Å². The highest BCUT2D eigenvalue weighted by atomic mass is 35.5. The first-order valence-electron chi connectivity index (χ1n) is 8.79. The van der Waals surface area contributed by atoms with Crippen molar-refractivity contribution in [1.82, 2.24) is 10.6 Å². The third kappa shape index (κ3) is 6.92. The molecule has 1 atom stereocenters. The van der Waals surface area contributed by atoms with Crippen molar-refractivity contribution in [3.8, 4) is 0 Å². The number of nitrogens with two attached hydrogens (primary N) is 1. The molecular weight excluding hydrogens is 380 g/mol. The van der Waals surface area contributed by atoms with Crippen LogP contribution in [-0.4, -0.2) is 30.4 Å². The van der Waals surface area contributed by atoms with Crippen molar-refractivity contribution in [3.05, 3.63) is 64.7 Å². The van der Waals surface area contributed by atoms with Crippen molar-refractivity contribution in [3.63, 3.8) is 0 Å². The lowest BCUT2D eigenvalue weighted by atomic mass is 10.1. The quantitative estimate of drug-likeness (QED) is 0.543. The first-order valence-corrected chi connectivity index (χ1v) is 9.16. The number of carbonyl (C=O) groups is 3. The fraction of sp³-hybridized carbons (Fsp3) is 0.250. The number of hydrogen-bond acceptors (Lipinski definition) is 3. The van der Waals surface area contributed by atoms with Gasteiger partial charge in [-0.05, 0) is 30.2 Å². The molecule has 0 aliphatic heterocycles. The molecular formula is C20H23ClN4O3. The predicted octanol–water partition coefficient (Wildman–Crippen LogP) is 2.37. The topological polar surface area (TPSA) is 113 Å². The predicted molar refractivity (Wildman–Crippen MR) is 109 cm³/mol. The van der Waals surface area contributed by atoms with Crippen LogP contribution in [0.1, 0.15) is 17.5 Å². The number of halogens is 1. The van der Waals surface area contributed by atoms with Gasteiger partial charge in [0.1, 0.15) is 6.04 Å². The number of amides is 4. The van der Waals surface area contributed by atoms with Gasteiger partial charge in [0, 0.05) is 30.1 Å². The number of hydrogen-bond donors (Lipinski definition) is 4. The van der Waals surface area contributed by atoms with E-state index in [1.165, 1.54) is 0 Å². The Morgan fingerprint density at radius 3 is 2.46 bits per heavy atom. The molecule has 0 spiro atoms. The van der Waals surface area contributed by atoms with Crippen LogP contribution >= 0.6 is 11.6 Å². The summed E-state index contributed by atoms with van der Waals surface area (Å²) in [6, 6.07) is 13.1. The van der Waals surface area contributed by atoms with Crippen LogP contribution in [0.15, 0.2) is 48.5 Å². The van der Waals surface area contributed by atoms with Gasteiger partial charge in [0.05, 0.1) is 0 Å². The molecule has 4 amide bonds. The van der Waals surface area contributed by atoms with E-state index in [1.54, 1.807) is 18.2 Å². The molecule has 0 radical (unpaired) electrons.